The molecule has 1 heterocycles. The van der Waals surface area contributed by atoms with Crippen molar-refractivity contribution in [1.82, 2.24) is 4.98 Å². The highest BCUT2D eigenvalue weighted by Gasteiger charge is 2.12. The summed E-state index contributed by atoms with van der Waals surface area (Å²) in [7, 11) is 0. The van der Waals surface area contributed by atoms with Crippen molar-refractivity contribution in [2.75, 3.05) is 5.32 Å². The van der Waals surface area contributed by atoms with Gasteiger partial charge in [0.15, 0.2) is 0 Å². The lowest BCUT2D eigenvalue weighted by Gasteiger charge is -2.10. The summed E-state index contributed by atoms with van der Waals surface area (Å²) < 4.78 is 25.5. The number of benzene rings is 1. The van der Waals surface area contributed by atoms with Crippen LogP contribution in [0.1, 0.15) is 12.0 Å². The number of hydrogen-bond acceptors (Lipinski definition) is 4. The lowest BCUT2D eigenvalue weighted by Crippen LogP contribution is -1.97. The highest BCUT2D eigenvalue weighted by atomic mass is 19.3. The van der Waals surface area contributed by atoms with Crippen LogP contribution in [0, 0.1) is 4.91 Å². The molecule has 1 aromatic heterocycles. The maximum Gasteiger partial charge on any atom is 0.265 e. The van der Waals surface area contributed by atoms with E-state index < -0.39 is 6.43 Å². The van der Waals surface area contributed by atoms with Crippen molar-refractivity contribution in [2.24, 2.45) is 5.18 Å². The molecule has 0 fully saturated rings. The number of nitrogens with zero attached hydrogens (tertiary/aromatic N) is 2. The van der Waals surface area contributed by atoms with Gasteiger partial charge in [0.1, 0.15) is 11.5 Å². The number of halogens is 2. The van der Waals surface area contributed by atoms with Crippen LogP contribution < -0.4 is 5.32 Å². The van der Waals surface area contributed by atoms with Crippen molar-refractivity contribution in [3.05, 3.63) is 53.1 Å². The molecule has 0 radical (unpaired) electrons. The molecule has 0 aliphatic rings. The Morgan fingerprint density at radius 2 is 2.00 bits per heavy atom. The predicted molar refractivity (Wildman–Crippen MR) is 64.4 cm³/mol. The summed E-state index contributed by atoms with van der Waals surface area (Å²) in [5, 5.41) is 5.49. The first-order valence-corrected chi connectivity index (χ1v) is 5.14. The van der Waals surface area contributed by atoms with E-state index in [2.05, 4.69) is 15.5 Å². The molecule has 0 spiro atoms. The van der Waals surface area contributed by atoms with Gasteiger partial charge in [-0.05, 0) is 17.3 Å². The standard InChI is InChI=1S/C12H9F2N3O/c13-12(14)9-3-1-2-4-10(9)16-11-7-8(17-18)5-6-15-11/h1-7,12H,(H,15,16). The fraction of sp³-hybridized carbons (Fsp3) is 0.0833. The second kappa shape index (κ2) is 5.31. The molecule has 0 atom stereocenters. The number of aromatic nitrogens is 1. The van der Waals surface area contributed by atoms with E-state index in [4.69, 9.17) is 0 Å². The second-order valence-electron chi connectivity index (χ2n) is 3.50. The van der Waals surface area contributed by atoms with Gasteiger partial charge in [-0.25, -0.2) is 13.8 Å². The summed E-state index contributed by atoms with van der Waals surface area (Å²) >= 11 is 0. The van der Waals surface area contributed by atoms with E-state index in [1.54, 1.807) is 6.07 Å². The van der Waals surface area contributed by atoms with Crippen LogP contribution >= 0.6 is 0 Å². The molecule has 1 aromatic carbocycles. The highest BCUT2D eigenvalue weighted by Crippen LogP contribution is 2.29. The summed E-state index contributed by atoms with van der Waals surface area (Å²) in [5.74, 6) is 0.292. The zero-order chi connectivity index (χ0) is 13.0. The lowest BCUT2D eigenvalue weighted by atomic mass is 10.2. The van der Waals surface area contributed by atoms with Crippen molar-refractivity contribution in [3.8, 4) is 0 Å². The van der Waals surface area contributed by atoms with Crippen LogP contribution in [0.15, 0.2) is 47.8 Å². The summed E-state index contributed by atoms with van der Waals surface area (Å²) in [6.45, 7) is 0. The average molecular weight is 249 g/mol. The predicted octanol–water partition coefficient (Wildman–Crippen LogP) is 4.16. The van der Waals surface area contributed by atoms with E-state index in [9.17, 15) is 13.7 Å². The van der Waals surface area contributed by atoms with Crippen LogP contribution in [0.5, 0.6) is 0 Å². The van der Waals surface area contributed by atoms with Crippen LogP contribution in [-0.2, 0) is 0 Å². The number of nitrogens with one attached hydrogen (secondary N) is 1. The van der Waals surface area contributed by atoms with Crippen LogP contribution in [0.3, 0.4) is 0 Å². The zero-order valence-electron chi connectivity index (χ0n) is 9.18. The summed E-state index contributed by atoms with van der Waals surface area (Å²) in [5.41, 5.74) is 0.314. The van der Waals surface area contributed by atoms with E-state index in [1.807, 2.05) is 0 Å². The van der Waals surface area contributed by atoms with E-state index >= 15 is 0 Å². The monoisotopic (exact) mass is 249 g/mol. The fourth-order valence-corrected chi connectivity index (χ4v) is 1.48. The first-order valence-electron chi connectivity index (χ1n) is 5.14. The summed E-state index contributed by atoms with van der Waals surface area (Å²) in [6.07, 6.45) is -1.20. The SMILES string of the molecule is O=Nc1ccnc(Nc2ccccc2C(F)F)c1. The molecule has 0 bridgehead atoms. The Kier molecular flexibility index (Phi) is 3.57. The summed E-state index contributed by atoms with van der Waals surface area (Å²) in [6, 6.07) is 8.82. The molecule has 0 saturated carbocycles. The number of pyridine rings is 1. The number of para-hydroxylation sites is 1. The van der Waals surface area contributed by atoms with Gasteiger partial charge in [-0.3, -0.25) is 0 Å². The van der Waals surface area contributed by atoms with Crippen molar-refractivity contribution in [1.29, 1.82) is 0 Å². The van der Waals surface area contributed by atoms with Gasteiger partial charge in [-0.2, -0.15) is 0 Å². The van der Waals surface area contributed by atoms with Crippen LogP contribution in [0.2, 0.25) is 0 Å². The first kappa shape index (κ1) is 12.1. The van der Waals surface area contributed by atoms with Crippen LogP contribution in [0.25, 0.3) is 0 Å². The molecule has 4 nitrogen and oxygen atoms in total. The topological polar surface area (TPSA) is 54.4 Å². The minimum absolute atomic E-state index is 0.122. The van der Waals surface area contributed by atoms with E-state index in [1.165, 1.54) is 36.5 Å². The molecule has 92 valence electrons. The maximum atomic E-state index is 12.7. The number of rotatable bonds is 4. The number of nitroso groups, excluding NO2 is 1. The molecule has 0 amide bonds. The van der Waals surface area contributed by atoms with Gasteiger partial charge in [0.25, 0.3) is 6.43 Å². The van der Waals surface area contributed by atoms with Gasteiger partial charge < -0.3 is 5.32 Å². The average Bonchev–Trinajstić information content (AvgIpc) is 2.39. The van der Waals surface area contributed by atoms with Crippen molar-refractivity contribution >= 4 is 17.2 Å². The molecule has 2 rings (SSSR count). The highest BCUT2D eigenvalue weighted by molar-refractivity contribution is 5.63. The first-order chi connectivity index (χ1) is 8.70. The van der Waals surface area contributed by atoms with Crippen molar-refractivity contribution in [3.63, 3.8) is 0 Å². The van der Waals surface area contributed by atoms with Crippen molar-refractivity contribution < 1.29 is 8.78 Å². The largest absolute Gasteiger partial charge is 0.340 e. The van der Waals surface area contributed by atoms with Crippen LogP contribution in [0.4, 0.5) is 26.0 Å². The van der Waals surface area contributed by atoms with E-state index in [0.717, 1.165) is 0 Å². The third kappa shape index (κ3) is 2.65. The quantitative estimate of drug-likeness (QED) is 0.827. The molecule has 1 N–H and O–H groups in total. The Bertz CT molecular complexity index is 561. The molecule has 0 saturated heterocycles. The zero-order valence-corrected chi connectivity index (χ0v) is 9.18. The molecular weight excluding hydrogens is 240 g/mol. The molecule has 0 unspecified atom stereocenters. The smallest absolute Gasteiger partial charge is 0.265 e. The van der Waals surface area contributed by atoms with E-state index in [0.29, 0.717) is 5.82 Å². The van der Waals surface area contributed by atoms with Gasteiger partial charge in [0.2, 0.25) is 0 Å². The van der Waals surface area contributed by atoms with Crippen molar-refractivity contribution in [2.45, 2.75) is 6.43 Å². The van der Waals surface area contributed by atoms with Gasteiger partial charge in [0, 0.05) is 23.5 Å². The number of anilines is 2. The Morgan fingerprint density at radius 3 is 2.72 bits per heavy atom. The molecule has 18 heavy (non-hydrogen) atoms. The Morgan fingerprint density at radius 1 is 1.22 bits per heavy atom. The molecular formula is C12H9F2N3O. The number of alkyl halides is 2. The third-order valence-electron chi connectivity index (χ3n) is 2.31. The third-order valence-corrected chi connectivity index (χ3v) is 2.31. The Labute approximate surface area is 102 Å². The number of hydrogen-bond donors (Lipinski definition) is 1. The Balaban J connectivity index is 2.30. The lowest BCUT2D eigenvalue weighted by molar-refractivity contribution is 0.152. The van der Waals surface area contributed by atoms with Gasteiger partial charge in [-0.1, -0.05) is 18.2 Å². The molecule has 2 aromatic rings. The normalized spacial score (nSPS) is 10.4. The fourth-order valence-electron chi connectivity index (χ4n) is 1.48. The van der Waals surface area contributed by atoms with Gasteiger partial charge >= 0.3 is 0 Å². The summed E-state index contributed by atoms with van der Waals surface area (Å²) in [4.78, 5) is 14.3. The Hall–Kier alpha value is -2.37. The van der Waals surface area contributed by atoms with Gasteiger partial charge in [0.05, 0.1) is 0 Å². The minimum atomic E-state index is -2.58. The molecule has 0 aliphatic carbocycles. The molecule has 6 heteroatoms. The van der Waals surface area contributed by atoms with Gasteiger partial charge in [-0.15, -0.1) is 4.91 Å². The van der Waals surface area contributed by atoms with Crippen LogP contribution in [-0.4, -0.2) is 4.98 Å². The second-order valence-corrected chi connectivity index (χ2v) is 3.50. The minimum Gasteiger partial charge on any atom is -0.340 e. The van der Waals surface area contributed by atoms with E-state index in [-0.39, 0.29) is 16.9 Å². The maximum absolute atomic E-state index is 12.7. The molecule has 0 aliphatic heterocycles.